The summed E-state index contributed by atoms with van der Waals surface area (Å²) in [4.78, 5) is 10.5. The van der Waals surface area contributed by atoms with E-state index in [0.717, 1.165) is 38.4 Å². The molecule has 4 nitrogen and oxygen atoms in total. The highest BCUT2D eigenvalue weighted by Gasteiger charge is 2.33. The van der Waals surface area contributed by atoms with E-state index in [-0.39, 0.29) is 5.91 Å². The Bertz CT molecular complexity index is 269. The molecule has 3 aliphatic rings. The van der Waals surface area contributed by atoms with Gasteiger partial charge in [0, 0.05) is 19.6 Å². The number of hydrogen-bond donors (Lipinski definition) is 1. The first kappa shape index (κ1) is 15.8. The molecule has 20 heavy (non-hydrogen) atoms. The third-order valence-corrected chi connectivity index (χ3v) is 4.64. The van der Waals surface area contributed by atoms with Crippen LogP contribution in [0.1, 0.15) is 64.2 Å². The average Bonchev–Trinajstić information content (AvgIpc) is 3.03. The first-order valence-corrected chi connectivity index (χ1v) is 8.27. The van der Waals surface area contributed by atoms with E-state index >= 15 is 0 Å². The maximum Gasteiger partial charge on any atom is 0.217 e. The normalized spacial score (nSPS) is 29.6. The van der Waals surface area contributed by atoms with Gasteiger partial charge in [-0.05, 0) is 31.6 Å². The number of fused-ring (bicyclic) bond motifs is 1. The summed E-state index contributed by atoms with van der Waals surface area (Å²) >= 11 is 0. The maximum atomic E-state index is 10.5. The molecule has 2 atom stereocenters. The number of carbonyl (C=O) groups excluding carboxylic acids is 1. The van der Waals surface area contributed by atoms with Crippen molar-refractivity contribution in [1.29, 1.82) is 0 Å². The molecule has 0 bridgehead atoms. The molecule has 2 saturated heterocycles. The number of amides is 1. The molecule has 0 aromatic rings. The Kier molecular flexibility index (Phi) is 6.80. The van der Waals surface area contributed by atoms with Crippen LogP contribution in [-0.4, -0.2) is 31.3 Å². The summed E-state index contributed by atoms with van der Waals surface area (Å²) in [6, 6.07) is 0. The van der Waals surface area contributed by atoms with Gasteiger partial charge in [0.2, 0.25) is 5.91 Å². The van der Waals surface area contributed by atoms with Gasteiger partial charge in [0.05, 0.1) is 12.2 Å². The monoisotopic (exact) mass is 283 g/mol. The minimum Gasteiger partial charge on any atom is -0.375 e. The summed E-state index contributed by atoms with van der Waals surface area (Å²) in [5.41, 5.74) is 5.07. The van der Waals surface area contributed by atoms with Crippen LogP contribution in [0, 0.1) is 5.92 Å². The average molecular weight is 283 g/mol. The topological polar surface area (TPSA) is 61.6 Å². The highest BCUT2D eigenvalue weighted by molar-refractivity contribution is 5.73. The van der Waals surface area contributed by atoms with E-state index in [4.69, 9.17) is 15.2 Å². The van der Waals surface area contributed by atoms with Crippen LogP contribution in [0.4, 0.5) is 0 Å². The summed E-state index contributed by atoms with van der Waals surface area (Å²) in [5, 5.41) is 0. The fraction of sp³-hybridized carbons (Fsp3) is 0.938. The molecule has 2 heterocycles. The van der Waals surface area contributed by atoms with E-state index in [2.05, 4.69) is 0 Å². The van der Waals surface area contributed by atoms with Crippen LogP contribution in [0.2, 0.25) is 0 Å². The molecule has 2 unspecified atom stereocenters. The minimum atomic E-state index is -0.147. The second-order valence-electron chi connectivity index (χ2n) is 6.26. The van der Waals surface area contributed by atoms with Crippen molar-refractivity contribution >= 4 is 5.91 Å². The van der Waals surface area contributed by atoms with Crippen LogP contribution in [0.5, 0.6) is 0 Å². The van der Waals surface area contributed by atoms with Crippen LogP contribution in [0.25, 0.3) is 0 Å². The zero-order valence-electron chi connectivity index (χ0n) is 12.5. The van der Waals surface area contributed by atoms with Crippen LogP contribution in [0.15, 0.2) is 0 Å². The lowest BCUT2D eigenvalue weighted by Crippen LogP contribution is -2.13. The van der Waals surface area contributed by atoms with Crippen molar-refractivity contribution in [2.75, 3.05) is 13.2 Å². The molecular formula is C16H29NO3. The van der Waals surface area contributed by atoms with E-state index in [1.807, 2.05) is 0 Å². The molecular weight excluding hydrogens is 254 g/mol. The first-order valence-electron chi connectivity index (χ1n) is 8.27. The quantitative estimate of drug-likeness (QED) is 0.863. The Balaban J connectivity index is 0.000000157. The van der Waals surface area contributed by atoms with E-state index in [1.165, 1.54) is 38.5 Å². The largest absolute Gasteiger partial charge is 0.375 e. The van der Waals surface area contributed by atoms with Gasteiger partial charge in [-0.3, -0.25) is 4.79 Å². The van der Waals surface area contributed by atoms with Crippen molar-refractivity contribution in [3.8, 4) is 0 Å². The first-order chi connectivity index (χ1) is 9.75. The molecule has 3 rings (SSSR count). The molecule has 1 aliphatic carbocycles. The third-order valence-electron chi connectivity index (χ3n) is 4.64. The highest BCUT2D eigenvalue weighted by Crippen LogP contribution is 2.27. The lowest BCUT2D eigenvalue weighted by molar-refractivity contribution is -0.118. The fourth-order valence-electron chi connectivity index (χ4n) is 3.47. The van der Waals surface area contributed by atoms with Crippen LogP contribution < -0.4 is 5.73 Å². The van der Waals surface area contributed by atoms with Crippen molar-refractivity contribution in [3.05, 3.63) is 0 Å². The van der Waals surface area contributed by atoms with Crippen molar-refractivity contribution in [2.45, 2.75) is 76.4 Å². The summed E-state index contributed by atoms with van der Waals surface area (Å²) in [7, 11) is 0. The van der Waals surface area contributed by atoms with Crippen molar-refractivity contribution in [3.63, 3.8) is 0 Å². The van der Waals surface area contributed by atoms with Crippen molar-refractivity contribution in [2.24, 2.45) is 11.7 Å². The third kappa shape index (κ3) is 5.41. The van der Waals surface area contributed by atoms with Crippen LogP contribution >= 0.6 is 0 Å². The summed E-state index contributed by atoms with van der Waals surface area (Å²) in [5.74, 6) is 0.740. The fourth-order valence-corrected chi connectivity index (χ4v) is 3.47. The molecule has 116 valence electrons. The molecule has 4 heteroatoms. The van der Waals surface area contributed by atoms with Gasteiger partial charge >= 0.3 is 0 Å². The Morgan fingerprint density at radius 3 is 2.10 bits per heavy atom. The number of rotatable bonds is 4. The van der Waals surface area contributed by atoms with Crippen molar-refractivity contribution < 1.29 is 14.3 Å². The summed E-state index contributed by atoms with van der Waals surface area (Å²) < 4.78 is 10.7. The number of carbonyl (C=O) groups is 1. The second-order valence-corrected chi connectivity index (χ2v) is 6.26. The molecule has 0 aromatic carbocycles. The van der Waals surface area contributed by atoms with E-state index in [1.54, 1.807) is 0 Å². The predicted molar refractivity (Wildman–Crippen MR) is 78.3 cm³/mol. The SMILES string of the molecule is C1CC2OCCC2O1.NC(=O)CCCC1CCCCC1. The van der Waals surface area contributed by atoms with Gasteiger partial charge in [-0.1, -0.05) is 32.1 Å². The summed E-state index contributed by atoms with van der Waals surface area (Å²) in [6.45, 7) is 1.82. The number of hydrogen-bond acceptors (Lipinski definition) is 3. The number of ether oxygens (including phenoxy) is 2. The molecule has 1 saturated carbocycles. The second kappa shape index (κ2) is 8.63. The maximum absolute atomic E-state index is 10.5. The lowest BCUT2D eigenvalue weighted by atomic mass is 9.86. The molecule has 0 aromatic heterocycles. The van der Waals surface area contributed by atoms with Gasteiger partial charge in [-0.25, -0.2) is 0 Å². The van der Waals surface area contributed by atoms with Gasteiger partial charge in [0.1, 0.15) is 0 Å². The molecule has 0 spiro atoms. The lowest BCUT2D eigenvalue weighted by Gasteiger charge is -2.20. The Morgan fingerprint density at radius 1 is 0.950 bits per heavy atom. The van der Waals surface area contributed by atoms with E-state index in [9.17, 15) is 4.79 Å². The molecule has 2 N–H and O–H groups in total. The van der Waals surface area contributed by atoms with Gasteiger partial charge in [-0.15, -0.1) is 0 Å². The van der Waals surface area contributed by atoms with Gasteiger partial charge < -0.3 is 15.2 Å². The molecule has 0 radical (unpaired) electrons. The van der Waals surface area contributed by atoms with E-state index in [0.29, 0.717) is 18.6 Å². The Morgan fingerprint density at radius 2 is 1.55 bits per heavy atom. The molecule has 2 aliphatic heterocycles. The van der Waals surface area contributed by atoms with Gasteiger partial charge in [0.15, 0.2) is 0 Å². The number of primary amides is 1. The van der Waals surface area contributed by atoms with Crippen molar-refractivity contribution in [1.82, 2.24) is 0 Å². The van der Waals surface area contributed by atoms with Crippen LogP contribution in [0.3, 0.4) is 0 Å². The number of nitrogens with two attached hydrogens (primary N) is 1. The zero-order chi connectivity index (χ0) is 14.2. The standard InChI is InChI=1S/C10H19NO.C6H10O2/c11-10(12)8-4-7-9-5-2-1-3-6-9;1-3-7-6-2-4-8-5(1)6/h9H,1-8H2,(H2,11,12);5-6H,1-4H2. The molecule has 3 fully saturated rings. The minimum absolute atomic E-state index is 0.147. The smallest absolute Gasteiger partial charge is 0.217 e. The van der Waals surface area contributed by atoms with Gasteiger partial charge in [0.25, 0.3) is 0 Å². The predicted octanol–water partition coefficient (Wildman–Crippen LogP) is 2.79. The van der Waals surface area contributed by atoms with E-state index < -0.39 is 0 Å². The van der Waals surface area contributed by atoms with Crippen LogP contribution in [-0.2, 0) is 14.3 Å². The summed E-state index contributed by atoms with van der Waals surface area (Å²) in [6.07, 6.45) is 12.9. The Labute approximate surface area is 122 Å². The highest BCUT2D eigenvalue weighted by atomic mass is 16.6. The Hall–Kier alpha value is -0.610. The van der Waals surface area contributed by atoms with Gasteiger partial charge in [-0.2, -0.15) is 0 Å². The molecule has 1 amide bonds. The zero-order valence-corrected chi connectivity index (χ0v) is 12.5.